The maximum absolute atomic E-state index is 12.6. The Bertz CT molecular complexity index is 429. The number of anilines is 1. The van der Waals surface area contributed by atoms with Gasteiger partial charge in [-0.2, -0.15) is 0 Å². The Morgan fingerprint density at radius 3 is 2.31 bits per heavy atom. The lowest BCUT2D eigenvalue weighted by Gasteiger charge is -1.99. The van der Waals surface area contributed by atoms with Gasteiger partial charge in [0, 0.05) is 0 Å². The van der Waals surface area contributed by atoms with E-state index in [-0.39, 0.29) is 36.6 Å². The van der Waals surface area contributed by atoms with E-state index in [0.717, 1.165) is 5.56 Å². The summed E-state index contributed by atoms with van der Waals surface area (Å²) in [4.78, 5) is 3.79. The molecule has 0 atom stereocenters. The Morgan fingerprint density at radius 1 is 1.19 bits per heavy atom. The summed E-state index contributed by atoms with van der Waals surface area (Å²) in [5, 5.41) is 3.92. The number of nitrogen functional groups attached to an aromatic ring is 1. The summed E-state index contributed by atoms with van der Waals surface area (Å²) < 4.78 is 14.2. The highest BCUT2D eigenvalue weighted by Gasteiger charge is 1.98. The van der Waals surface area contributed by atoms with E-state index in [2.05, 4.69) is 10.1 Å². The van der Waals surface area contributed by atoms with Crippen molar-refractivity contribution in [3.05, 3.63) is 42.0 Å². The molecule has 0 unspecified atom stereocenters. The lowest BCUT2D eigenvalue weighted by Crippen LogP contribution is -2.00. The first-order valence-corrected chi connectivity index (χ1v) is 4.13. The van der Waals surface area contributed by atoms with Gasteiger partial charge in [0.25, 0.3) is 0 Å². The number of nitrogens with two attached hydrogens (primary N) is 1. The number of hydrogen-bond donors (Lipinski definition) is 1. The second-order valence-electron chi connectivity index (χ2n) is 2.93. The number of aromatic nitrogens is 3. The highest BCUT2D eigenvalue weighted by molar-refractivity contribution is 5.85. The van der Waals surface area contributed by atoms with E-state index in [4.69, 9.17) is 5.73 Å². The molecule has 4 nitrogen and oxygen atoms in total. The van der Waals surface area contributed by atoms with Crippen LogP contribution < -0.4 is 5.73 Å². The first kappa shape index (κ1) is 14.7. The monoisotopic (exact) mass is 264 g/mol. The Kier molecular flexibility index (Phi) is 5.77. The van der Waals surface area contributed by atoms with Crippen molar-refractivity contribution in [2.75, 3.05) is 5.73 Å². The predicted molar refractivity (Wildman–Crippen MR) is 64.4 cm³/mol. The normalized spacial score (nSPS) is 9.06. The highest BCUT2D eigenvalue weighted by atomic mass is 35.5. The first-order chi connectivity index (χ1) is 6.74. The Hall–Kier alpha value is -1.33. The van der Waals surface area contributed by atoms with Crippen molar-refractivity contribution in [2.45, 2.75) is 6.54 Å². The minimum absolute atomic E-state index is 0. The van der Waals surface area contributed by atoms with Crippen LogP contribution in [0.2, 0.25) is 0 Å². The molecular weight excluding hydrogens is 254 g/mol. The van der Waals surface area contributed by atoms with Crippen molar-refractivity contribution in [1.82, 2.24) is 14.8 Å². The number of nitrogens with zero attached hydrogens (tertiary/aromatic N) is 3. The summed E-state index contributed by atoms with van der Waals surface area (Å²) in [6.45, 7) is 0.546. The smallest absolute Gasteiger partial charge is 0.239 e. The highest BCUT2D eigenvalue weighted by Crippen LogP contribution is 2.04. The van der Waals surface area contributed by atoms with E-state index in [0.29, 0.717) is 6.54 Å². The van der Waals surface area contributed by atoms with Gasteiger partial charge in [0.2, 0.25) is 5.95 Å². The van der Waals surface area contributed by atoms with Crippen LogP contribution in [0, 0.1) is 5.82 Å². The molecule has 0 aliphatic rings. The maximum Gasteiger partial charge on any atom is 0.239 e. The molecule has 1 aromatic carbocycles. The van der Waals surface area contributed by atoms with E-state index >= 15 is 0 Å². The second-order valence-corrected chi connectivity index (χ2v) is 2.93. The van der Waals surface area contributed by atoms with Crippen molar-refractivity contribution >= 4 is 30.8 Å². The Morgan fingerprint density at radius 2 is 1.81 bits per heavy atom. The minimum atomic E-state index is -0.244. The van der Waals surface area contributed by atoms with Crippen LogP contribution in [0.1, 0.15) is 5.56 Å². The summed E-state index contributed by atoms with van der Waals surface area (Å²) in [6.07, 6.45) is 1.54. The molecule has 0 radical (unpaired) electrons. The molecule has 88 valence electrons. The first-order valence-electron chi connectivity index (χ1n) is 4.13. The van der Waals surface area contributed by atoms with Crippen LogP contribution >= 0.6 is 24.8 Å². The van der Waals surface area contributed by atoms with Crippen LogP contribution in [0.5, 0.6) is 0 Å². The van der Waals surface area contributed by atoms with E-state index in [9.17, 15) is 4.39 Å². The van der Waals surface area contributed by atoms with Crippen LogP contribution in [-0.4, -0.2) is 14.8 Å². The van der Waals surface area contributed by atoms with Gasteiger partial charge >= 0.3 is 0 Å². The molecule has 1 aromatic heterocycles. The maximum atomic E-state index is 12.6. The Labute approximate surface area is 104 Å². The van der Waals surface area contributed by atoms with Crippen molar-refractivity contribution in [3.63, 3.8) is 0 Å². The number of hydrogen-bond acceptors (Lipinski definition) is 3. The zero-order valence-electron chi connectivity index (χ0n) is 8.21. The quantitative estimate of drug-likeness (QED) is 0.902. The average Bonchev–Trinajstić information content (AvgIpc) is 2.56. The van der Waals surface area contributed by atoms with Crippen molar-refractivity contribution in [2.24, 2.45) is 0 Å². The molecule has 0 saturated carbocycles. The van der Waals surface area contributed by atoms with Crippen molar-refractivity contribution in [3.8, 4) is 0 Å². The van der Waals surface area contributed by atoms with Gasteiger partial charge in [-0.15, -0.1) is 29.9 Å². The molecular formula is C9H11Cl2FN4. The predicted octanol–water partition coefficient (Wildman–Crippen LogP) is 1.89. The zero-order chi connectivity index (χ0) is 9.97. The molecule has 0 fully saturated rings. The lowest BCUT2D eigenvalue weighted by molar-refractivity contribution is 0.624. The molecule has 7 heteroatoms. The fraction of sp³-hybridized carbons (Fsp3) is 0.111. The molecule has 0 saturated heterocycles. The third kappa shape index (κ3) is 3.67. The number of halogens is 3. The third-order valence-electron chi connectivity index (χ3n) is 1.81. The molecule has 0 aliphatic carbocycles. The molecule has 0 aliphatic heterocycles. The SMILES string of the molecule is Cl.Cl.Nc1ncn(Cc2ccc(F)cc2)n1. The van der Waals surface area contributed by atoms with Crippen molar-refractivity contribution < 1.29 is 4.39 Å². The molecule has 2 N–H and O–H groups in total. The molecule has 1 heterocycles. The van der Waals surface area contributed by atoms with E-state index in [1.807, 2.05) is 0 Å². The van der Waals surface area contributed by atoms with Gasteiger partial charge in [-0.25, -0.2) is 14.1 Å². The molecule has 0 amide bonds. The van der Waals surface area contributed by atoms with Crippen LogP contribution in [0.4, 0.5) is 10.3 Å². The molecule has 2 aromatic rings. The van der Waals surface area contributed by atoms with Crippen LogP contribution in [0.25, 0.3) is 0 Å². The summed E-state index contributed by atoms with van der Waals surface area (Å²) >= 11 is 0. The number of benzene rings is 1. The largest absolute Gasteiger partial charge is 0.367 e. The van der Waals surface area contributed by atoms with Gasteiger partial charge in [0.1, 0.15) is 12.1 Å². The summed E-state index contributed by atoms with van der Waals surface area (Å²) in [7, 11) is 0. The van der Waals surface area contributed by atoms with Gasteiger partial charge in [-0.1, -0.05) is 12.1 Å². The van der Waals surface area contributed by atoms with Gasteiger partial charge in [-0.05, 0) is 17.7 Å². The molecule has 16 heavy (non-hydrogen) atoms. The van der Waals surface area contributed by atoms with E-state index < -0.39 is 0 Å². The Balaban J connectivity index is 0.00000112. The van der Waals surface area contributed by atoms with Crippen LogP contribution in [-0.2, 0) is 6.54 Å². The summed E-state index contributed by atoms with van der Waals surface area (Å²) in [5.74, 6) is -0.000958. The van der Waals surface area contributed by atoms with Crippen LogP contribution in [0.3, 0.4) is 0 Å². The average molecular weight is 265 g/mol. The second kappa shape index (κ2) is 6.30. The van der Waals surface area contributed by atoms with E-state index in [1.165, 1.54) is 12.1 Å². The molecule has 0 bridgehead atoms. The topological polar surface area (TPSA) is 56.7 Å². The fourth-order valence-electron chi connectivity index (χ4n) is 1.16. The van der Waals surface area contributed by atoms with Crippen LogP contribution in [0.15, 0.2) is 30.6 Å². The van der Waals surface area contributed by atoms with Gasteiger partial charge in [-0.3, -0.25) is 0 Å². The summed E-state index contributed by atoms with van der Waals surface area (Å²) in [5.41, 5.74) is 6.31. The lowest BCUT2D eigenvalue weighted by atomic mass is 10.2. The van der Waals surface area contributed by atoms with E-state index in [1.54, 1.807) is 23.1 Å². The van der Waals surface area contributed by atoms with Gasteiger partial charge in [0.05, 0.1) is 6.54 Å². The number of rotatable bonds is 2. The fourth-order valence-corrected chi connectivity index (χ4v) is 1.16. The van der Waals surface area contributed by atoms with Gasteiger partial charge in [0.15, 0.2) is 0 Å². The summed E-state index contributed by atoms with van der Waals surface area (Å²) in [6, 6.07) is 6.23. The standard InChI is InChI=1S/C9H9FN4.2ClH/c10-8-3-1-7(2-4-8)5-14-6-12-9(11)13-14;;/h1-4,6H,5H2,(H2,11,13);2*1H. The minimum Gasteiger partial charge on any atom is -0.367 e. The van der Waals surface area contributed by atoms with Gasteiger partial charge < -0.3 is 5.73 Å². The third-order valence-corrected chi connectivity index (χ3v) is 1.81. The molecule has 2 rings (SSSR count). The van der Waals surface area contributed by atoms with Crippen molar-refractivity contribution in [1.29, 1.82) is 0 Å². The zero-order valence-corrected chi connectivity index (χ0v) is 9.84. The molecule has 0 spiro atoms.